The van der Waals surface area contributed by atoms with Gasteiger partial charge in [-0.05, 0) is 41.3 Å². The fourth-order valence-corrected chi connectivity index (χ4v) is 1.91. The minimum absolute atomic E-state index is 0.0284. The predicted octanol–water partition coefficient (Wildman–Crippen LogP) is 4.61. The number of carboxylic acid groups (broad SMARTS) is 1. The highest BCUT2D eigenvalue weighted by molar-refractivity contribution is 5.91. The van der Waals surface area contributed by atoms with Gasteiger partial charge in [-0.1, -0.05) is 32.9 Å². The van der Waals surface area contributed by atoms with E-state index in [1.54, 1.807) is 12.1 Å². The molecule has 2 aromatic rings. The summed E-state index contributed by atoms with van der Waals surface area (Å²) in [5.74, 6) is -1.21. The molecule has 2 aromatic carbocycles. The van der Waals surface area contributed by atoms with Crippen molar-refractivity contribution in [3.63, 3.8) is 0 Å². The van der Waals surface area contributed by atoms with E-state index >= 15 is 0 Å². The number of benzene rings is 2. The summed E-state index contributed by atoms with van der Waals surface area (Å²) in [6.45, 7) is 6.31. The maximum absolute atomic E-state index is 13.1. The van der Waals surface area contributed by atoms with Crippen LogP contribution in [0.2, 0.25) is 0 Å². The van der Waals surface area contributed by atoms with Crippen LogP contribution < -0.4 is 4.74 Å². The monoisotopic (exact) mass is 288 g/mol. The van der Waals surface area contributed by atoms with Crippen LogP contribution in [-0.2, 0) is 5.41 Å². The number of aromatic carboxylic acids is 1. The highest BCUT2D eigenvalue weighted by atomic mass is 19.1. The van der Waals surface area contributed by atoms with Crippen molar-refractivity contribution in [2.45, 2.75) is 26.2 Å². The number of hydrogen-bond donors (Lipinski definition) is 1. The van der Waals surface area contributed by atoms with Crippen LogP contribution in [0, 0.1) is 5.82 Å². The van der Waals surface area contributed by atoms with E-state index in [1.807, 2.05) is 12.1 Å². The summed E-state index contributed by atoms with van der Waals surface area (Å²) in [7, 11) is 0. The fraction of sp³-hybridized carbons (Fsp3) is 0.235. The first-order chi connectivity index (χ1) is 9.77. The molecule has 0 saturated carbocycles. The molecule has 1 N–H and O–H groups in total. The molecule has 0 aliphatic rings. The first kappa shape index (κ1) is 15.0. The number of rotatable bonds is 3. The summed E-state index contributed by atoms with van der Waals surface area (Å²) in [6, 6.07) is 10.8. The highest BCUT2D eigenvalue weighted by Gasteiger charge is 2.15. The van der Waals surface area contributed by atoms with Crippen LogP contribution in [0.15, 0.2) is 42.5 Å². The molecule has 0 amide bonds. The zero-order valence-corrected chi connectivity index (χ0v) is 12.2. The Morgan fingerprint density at radius 1 is 1.10 bits per heavy atom. The van der Waals surface area contributed by atoms with Crippen LogP contribution in [0.4, 0.5) is 4.39 Å². The van der Waals surface area contributed by atoms with Gasteiger partial charge in [0.25, 0.3) is 0 Å². The predicted molar refractivity (Wildman–Crippen MR) is 78.6 cm³/mol. The highest BCUT2D eigenvalue weighted by Crippen LogP contribution is 2.29. The third kappa shape index (κ3) is 3.60. The molecule has 0 spiro atoms. The zero-order valence-electron chi connectivity index (χ0n) is 12.2. The smallest absolute Gasteiger partial charge is 0.339 e. The second-order valence-electron chi connectivity index (χ2n) is 5.82. The van der Waals surface area contributed by atoms with Crippen LogP contribution in [0.3, 0.4) is 0 Å². The van der Waals surface area contributed by atoms with Crippen LogP contribution in [0.25, 0.3) is 0 Å². The Morgan fingerprint density at radius 3 is 2.24 bits per heavy atom. The third-order valence-electron chi connectivity index (χ3n) is 3.12. The second kappa shape index (κ2) is 5.56. The molecule has 3 nitrogen and oxygen atoms in total. The van der Waals surface area contributed by atoms with Gasteiger partial charge in [0.1, 0.15) is 22.9 Å². The minimum Gasteiger partial charge on any atom is -0.478 e. The molecule has 110 valence electrons. The average molecular weight is 288 g/mol. The van der Waals surface area contributed by atoms with Gasteiger partial charge in [0.2, 0.25) is 0 Å². The molecular formula is C17H17FO3. The second-order valence-corrected chi connectivity index (χ2v) is 5.82. The lowest BCUT2D eigenvalue weighted by Crippen LogP contribution is -2.10. The van der Waals surface area contributed by atoms with Gasteiger partial charge in [-0.15, -0.1) is 0 Å². The standard InChI is InChI=1S/C17H17FO3/c1-17(2,3)11-4-7-13(8-5-11)21-15-9-6-12(18)10-14(15)16(19)20/h4-10H,1-3H3,(H,19,20). The Balaban J connectivity index is 2.28. The van der Waals surface area contributed by atoms with E-state index in [9.17, 15) is 9.18 Å². The van der Waals surface area contributed by atoms with Gasteiger partial charge in [-0.3, -0.25) is 0 Å². The molecule has 0 atom stereocenters. The Morgan fingerprint density at radius 2 is 1.71 bits per heavy atom. The maximum Gasteiger partial charge on any atom is 0.339 e. The molecule has 0 aromatic heterocycles. The van der Waals surface area contributed by atoms with Crippen LogP contribution in [0.5, 0.6) is 11.5 Å². The van der Waals surface area contributed by atoms with E-state index in [0.29, 0.717) is 5.75 Å². The van der Waals surface area contributed by atoms with Gasteiger partial charge < -0.3 is 9.84 Å². The summed E-state index contributed by atoms with van der Waals surface area (Å²) in [6.07, 6.45) is 0. The van der Waals surface area contributed by atoms with E-state index in [4.69, 9.17) is 9.84 Å². The molecule has 21 heavy (non-hydrogen) atoms. The third-order valence-corrected chi connectivity index (χ3v) is 3.12. The molecule has 0 bridgehead atoms. The van der Waals surface area contributed by atoms with Crippen molar-refractivity contribution in [1.29, 1.82) is 0 Å². The topological polar surface area (TPSA) is 46.5 Å². The number of ether oxygens (including phenoxy) is 1. The lowest BCUT2D eigenvalue weighted by molar-refractivity contribution is 0.0693. The zero-order chi connectivity index (χ0) is 15.6. The molecular weight excluding hydrogens is 271 g/mol. The molecule has 0 fully saturated rings. The Kier molecular flexibility index (Phi) is 3.98. The molecule has 0 heterocycles. The largest absolute Gasteiger partial charge is 0.478 e. The van der Waals surface area contributed by atoms with Gasteiger partial charge in [-0.25, -0.2) is 9.18 Å². The number of carboxylic acids is 1. The van der Waals surface area contributed by atoms with Gasteiger partial charge in [0.15, 0.2) is 0 Å². The van der Waals surface area contributed by atoms with Crippen LogP contribution >= 0.6 is 0 Å². The number of carbonyl (C=O) groups is 1. The molecule has 2 rings (SSSR count). The summed E-state index contributed by atoms with van der Waals surface area (Å²) >= 11 is 0. The van der Waals surface area contributed by atoms with Crippen molar-refractivity contribution in [2.24, 2.45) is 0 Å². The van der Waals surface area contributed by atoms with Gasteiger partial charge >= 0.3 is 5.97 Å². The first-order valence-corrected chi connectivity index (χ1v) is 6.58. The molecule has 0 radical (unpaired) electrons. The lowest BCUT2D eigenvalue weighted by atomic mass is 9.87. The van der Waals surface area contributed by atoms with Crippen molar-refractivity contribution in [3.05, 3.63) is 59.4 Å². The Labute approximate surface area is 123 Å². The maximum atomic E-state index is 13.1. The normalized spacial score (nSPS) is 11.2. The summed E-state index contributed by atoms with van der Waals surface area (Å²) < 4.78 is 18.7. The van der Waals surface area contributed by atoms with Crippen molar-refractivity contribution < 1.29 is 19.0 Å². The first-order valence-electron chi connectivity index (χ1n) is 6.58. The summed E-state index contributed by atoms with van der Waals surface area (Å²) in [4.78, 5) is 11.1. The number of halogens is 1. The fourth-order valence-electron chi connectivity index (χ4n) is 1.91. The van der Waals surface area contributed by atoms with E-state index in [2.05, 4.69) is 20.8 Å². The van der Waals surface area contributed by atoms with Crippen LogP contribution in [-0.4, -0.2) is 11.1 Å². The lowest BCUT2D eigenvalue weighted by Gasteiger charge is -2.19. The van der Waals surface area contributed by atoms with Gasteiger partial charge in [0.05, 0.1) is 0 Å². The van der Waals surface area contributed by atoms with Crippen molar-refractivity contribution >= 4 is 5.97 Å². The summed E-state index contributed by atoms with van der Waals surface area (Å²) in [5, 5.41) is 9.07. The molecule has 0 unspecified atom stereocenters. The van der Waals surface area contributed by atoms with E-state index in [-0.39, 0.29) is 16.7 Å². The van der Waals surface area contributed by atoms with Gasteiger partial charge in [-0.2, -0.15) is 0 Å². The summed E-state index contributed by atoms with van der Waals surface area (Å²) in [5.41, 5.74) is 0.975. The molecule has 0 aliphatic carbocycles. The van der Waals surface area contributed by atoms with Gasteiger partial charge in [0, 0.05) is 0 Å². The van der Waals surface area contributed by atoms with Crippen molar-refractivity contribution in [3.8, 4) is 11.5 Å². The molecule has 4 heteroatoms. The quantitative estimate of drug-likeness (QED) is 0.896. The number of hydrogen-bond acceptors (Lipinski definition) is 2. The van der Waals surface area contributed by atoms with Crippen molar-refractivity contribution in [1.82, 2.24) is 0 Å². The average Bonchev–Trinajstić information content (AvgIpc) is 2.40. The molecule has 0 aliphatic heterocycles. The van der Waals surface area contributed by atoms with Crippen molar-refractivity contribution in [2.75, 3.05) is 0 Å². The minimum atomic E-state index is -1.23. The molecule has 0 saturated heterocycles. The van der Waals surface area contributed by atoms with E-state index in [0.717, 1.165) is 11.6 Å². The Bertz CT molecular complexity index is 655. The van der Waals surface area contributed by atoms with Crippen LogP contribution in [0.1, 0.15) is 36.7 Å². The van der Waals surface area contributed by atoms with E-state index < -0.39 is 11.8 Å². The SMILES string of the molecule is CC(C)(C)c1ccc(Oc2ccc(F)cc2C(=O)O)cc1. The van der Waals surface area contributed by atoms with E-state index in [1.165, 1.54) is 12.1 Å². The Hall–Kier alpha value is -2.36.